The molecule has 2 rings (SSSR count). The number of nitrogens with zero attached hydrogens (tertiary/aromatic N) is 1. The van der Waals surface area contributed by atoms with Gasteiger partial charge < -0.3 is 10.1 Å². The molecular weight excluding hydrogens is 190 g/mol. The lowest BCUT2D eigenvalue weighted by atomic mass is 10.3. The minimum absolute atomic E-state index is 0.141. The molecule has 0 aromatic carbocycles. The summed E-state index contributed by atoms with van der Waals surface area (Å²) in [4.78, 5) is 17.4. The molecule has 0 atom stereocenters. The molecular formula is C7H5N3O2S. The Balaban J connectivity index is 2.74. The Labute approximate surface area is 76.2 Å². The largest absolute Gasteiger partial charge is 0.478 e. The van der Waals surface area contributed by atoms with Gasteiger partial charge >= 0.3 is 5.97 Å². The van der Waals surface area contributed by atoms with Crippen LogP contribution in [-0.2, 0) is 0 Å². The second kappa shape index (κ2) is 2.67. The van der Waals surface area contributed by atoms with E-state index < -0.39 is 5.97 Å². The number of nitrogens with one attached hydrogen (secondary N) is 2. The highest BCUT2D eigenvalue weighted by molar-refractivity contribution is 7.16. The molecule has 3 N–H and O–H groups in total. The molecule has 0 fully saturated rings. The maximum Gasteiger partial charge on any atom is 0.337 e. The molecule has 2 aromatic rings. The van der Waals surface area contributed by atoms with Crippen LogP contribution in [0.25, 0.3) is 10.3 Å². The predicted octanol–water partition coefficient (Wildman–Crippen LogP) is 0.802. The van der Waals surface area contributed by atoms with E-state index in [9.17, 15) is 4.79 Å². The van der Waals surface area contributed by atoms with Gasteiger partial charge in [-0.2, -0.15) is 0 Å². The van der Waals surface area contributed by atoms with Crippen molar-refractivity contribution in [3.05, 3.63) is 22.6 Å². The normalized spacial score (nSPS) is 10.5. The molecule has 13 heavy (non-hydrogen) atoms. The number of carboxylic acid groups (broad SMARTS) is 1. The van der Waals surface area contributed by atoms with E-state index in [1.807, 2.05) is 0 Å². The molecule has 0 radical (unpaired) electrons. The molecule has 2 aromatic heterocycles. The first-order valence-corrected chi connectivity index (χ1v) is 4.25. The number of aromatic nitrogens is 2. The topological polar surface area (TPSA) is 89.8 Å². The summed E-state index contributed by atoms with van der Waals surface area (Å²) < 4.78 is 0.685. The van der Waals surface area contributed by atoms with Crippen molar-refractivity contribution in [3.8, 4) is 0 Å². The zero-order valence-electron chi connectivity index (χ0n) is 6.37. The van der Waals surface area contributed by atoms with Gasteiger partial charge in [-0.05, 0) is 6.07 Å². The molecule has 0 bridgehead atoms. The summed E-state index contributed by atoms with van der Waals surface area (Å²) >= 11 is 1.17. The van der Waals surface area contributed by atoms with Crippen LogP contribution in [-0.4, -0.2) is 21.0 Å². The second-order valence-corrected chi connectivity index (χ2v) is 3.48. The van der Waals surface area contributed by atoms with Crippen molar-refractivity contribution in [2.24, 2.45) is 0 Å². The number of carboxylic acids is 1. The molecule has 6 heteroatoms. The van der Waals surface area contributed by atoms with Crippen LogP contribution in [0.15, 0.2) is 12.3 Å². The molecule has 0 aliphatic heterocycles. The summed E-state index contributed by atoms with van der Waals surface area (Å²) in [5.41, 5.74) is 0.697. The first kappa shape index (κ1) is 7.93. The average Bonchev–Trinajstić information content (AvgIpc) is 2.42. The van der Waals surface area contributed by atoms with Gasteiger partial charge in [0.2, 0.25) is 0 Å². The maximum atomic E-state index is 10.6. The fraction of sp³-hybridized carbons (Fsp3) is 0. The molecule has 0 aliphatic rings. The van der Waals surface area contributed by atoms with Crippen LogP contribution in [0.4, 0.5) is 0 Å². The highest BCUT2D eigenvalue weighted by Gasteiger charge is 2.05. The molecule has 0 amide bonds. The van der Waals surface area contributed by atoms with E-state index in [-0.39, 0.29) is 10.4 Å². The van der Waals surface area contributed by atoms with Crippen molar-refractivity contribution in [1.82, 2.24) is 9.97 Å². The molecule has 0 saturated heterocycles. The zero-order chi connectivity index (χ0) is 9.42. The van der Waals surface area contributed by atoms with Gasteiger partial charge in [0.15, 0.2) is 4.80 Å². The lowest BCUT2D eigenvalue weighted by Gasteiger charge is -1.91. The first-order valence-electron chi connectivity index (χ1n) is 3.43. The molecule has 5 nitrogen and oxygen atoms in total. The number of H-pyrrole nitrogens is 1. The Morgan fingerprint density at radius 3 is 3.15 bits per heavy atom. The Bertz CT molecular complexity index is 528. The Morgan fingerprint density at radius 1 is 1.69 bits per heavy atom. The van der Waals surface area contributed by atoms with Gasteiger partial charge in [-0.25, -0.2) is 9.78 Å². The SMILES string of the molecule is N=c1[nH]c2ncc(C(=O)O)cc2s1. The minimum atomic E-state index is -1.01. The fourth-order valence-electron chi connectivity index (χ4n) is 0.976. The van der Waals surface area contributed by atoms with E-state index >= 15 is 0 Å². The van der Waals surface area contributed by atoms with Crippen LogP contribution < -0.4 is 4.80 Å². The number of thiazole rings is 1. The highest BCUT2D eigenvalue weighted by Crippen LogP contribution is 2.13. The van der Waals surface area contributed by atoms with E-state index in [0.29, 0.717) is 10.3 Å². The van der Waals surface area contributed by atoms with E-state index in [1.165, 1.54) is 23.6 Å². The zero-order valence-corrected chi connectivity index (χ0v) is 7.18. The van der Waals surface area contributed by atoms with Crippen molar-refractivity contribution >= 4 is 27.7 Å². The number of aromatic carboxylic acids is 1. The van der Waals surface area contributed by atoms with Crippen molar-refractivity contribution in [1.29, 1.82) is 5.41 Å². The lowest BCUT2D eigenvalue weighted by Crippen LogP contribution is -1.96. The van der Waals surface area contributed by atoms with Crippen molar-refractivity contribution in [2.45, 2.75) is 0 Å². The standard InChI is InChI=1S/C7H5N3O2S/c8-7-10-5-4(13-7)1-3(2-9-5)6(11)12/h1-2H,(H,11,12)(H2,8,9,10). The predicted molar refractivity (Wildman–Crippen MR) is 46.8 cm³/mol. The van der Waals surface area contributed by atoms with Crippen molar-refractivity contribution in [2.75, 3.05) is 0 Å². The lowest BCUT2D eigenvalue weighted by molar-refractivity contribution is 0.0696. The Morgan fingerprint density at radius 2 is 2.46 bits per heavy atom. The number of pyridine rings is 1. The van der Waals surface area contributed by atoms with Gasteiger partial charge in [-0.15, -0.1) is 0 Å². The van der Waals surface area contributed by atoms with Crippen molar-refractivity contribution < 1.29 is 9.90 Å². The molecule has 0 spiro atoms. The van der Waals surface area contributed by atoms with Crippen LogP contribution in [0.1, 0.15) is 10.4 Å². The van der Waals surface area contributed by atoms with E-state index in [0.717, 1.165) is 0 Å². The Hall–Kier alpha value is -1.69. The van der Waals surface area contributed by atoms with Crippen molar-refractivity contribution in [3.63, 3.8) is 0 Å². The van der Waals surface area contributed by atoms with Crippen LogP contribution >= 0.6 is 11.3 Å². The minimum Gasteiger partial charge on any atom is -0.478 e. The van der Waals surface area contributed by atoms with Crippen LogP contribution in [0.5, 0.6) is 0 Å². The maximum absolute atomic E-state index is 10.6. The van der Waals surface area contributed by atoms with Gasteiger partial charge in [0.25, 0.3) is 0 Å². The second-order valence-electron chi connectivity index (χ2n) is 2.43. The first-order chi connectivity index (χ1) is 6.16. The van der Waals surface area contributed by atoms with Gasteiger partial charge in [-0.1, -0.05) is 11.3 Å². The summed E-state index contributed by atoms with van der Waals surface area (Å²) in [7, 11) is 0. The summed E-state index contributed by atoms with van der Waals surface area (Å²) in [5.74, 6) is -1.01. The average molecular weight is 195 g/mol. The molecule has 0 unspecified atom stereocenters. The monoisotopic (exact) mass is 195 g/mol. The van der Waals surface area contributed by atoms with E-state index in [1.54, 1.807) is 0 Å². The molecule has 2 heterocycles. The van der Waals surface area contributed by atoms with Gasteiger partial charge in [0.1, 0.15) is 5.65 Å². The number of hydrogen-bond donors (Lipinski definition) is 3. The number of aromatic amines is 1. The molecule has 66 valence electrons. The van der Waals surface area contributed by atoms with Gasteiger partial charge in [-0.3, -0.25) is 5.41 Å². The van der Waals surface area contributed by atoms with Gasteiger partial charge in [0.05, 0.1) is 10.3 Å². The number of rotatable bonds is 1. The summed E-state index contributed by atoms with van der Waals surface area (Å²) in [5, 5.41) is 15.9. The van der Waals surface area contributed by atoms with Crippen LogP contribution in [0, 0.1) is 5.41 Å². The number of fused-ring (bicyclic) bond motifs is 1. The smallest absolute Gasteiger partial charge is 0.337 e. The third-order valence-electron chi connectivity index (χ3n) is 1.54. The summed E-state index contributed by atoms with van der Waals surface area (Å²) in [6, 6.07) is 1.50. The van der Waals surface area contributed by atoms with Gasteiger partial charge in [0, 0.05) is 6.20 Å². The van der Waals surface area contributed by atoms with E-state index in [4.69, 9.17) is 10.5 Å². The number of hydrogen-bond acceptors (Lipinski definition) is 4. The number of carbonyl (C=O) groups is 1. The fourth-order valence-corrected chi connectivity index (χ4v) is 1.73. The van der Waals surface area contributed by atoms with E-state index in [2.05, 4.69) is 9.97 Å². The van der Waals surface area contributed by atoms with Crippen LogP contribution in [0.3, 0.4) is 0 Å². The highest BCUT2D eigenvalue weighted by atomic mass is 32.1. The quantitative estimate of drug-likeness (QED) is 0.628. The molecule has 0 saturated carbocycles. The third-order valence-corrected chi connectivity index (χ3v) is 2.38. The third kappa shape index (κ3) is 1.31. The molecule has 0 aliphatic carbocycles. The summed E-state index contributed by atoms with van der Waals surface area (Å²) in [6.07, 6.45) is 1.27. The van der Waals surface area contributed by atoms with Crippen LogP contribution in [0.2, 0.25) is 0 Å². The summed E-state index contributed by atoms with van der Waals surface area (Å²) in [6.45, 7) is 0. The Kier molecular flexibility index (Phi) is 1.63.